The number of nitrogens with one attached hydrogen (secondary N) is 1. The summed E-state index contributed by atoms with van der Waals surface area (Å²) in [6.45, 7) is 4.82. The van der Waals surface area contributed by atoms with Crippen molar-refractivity contribution in [2.45, 2.75) is 38.3 Å². The molecular weight excluding hydrogens is 370 g/mol. The van der Waals surface area contributed by atoms with Gasteiger partial charge in [0.05, 0.1) is 22.3 Å². The Hall–Kier alpha value is -2.60. The maximum atomic E-state index is 13.3. The molecule has 5 nitrogen and oxygen atoms in total. The molecule has 0 aliphatic heterocycles. The Bertz CT molecular complexity index is 1030. The van der Waals surface area contributed by atoms with Crippen molar-refractivity contribution in [2.24, 2.45) is 0 Å². The van der Waals surface area contributed by atoms with Crippen molar-refractivity contribution in [1.82, 2.24) is 14.9 Å². The molecule has 1 amide bonds. The number of hydrogen-bond acceptors (Lipinski definition) is 4. The minimum absolute atomic E-state index is 0.0452. The monoisotopic (exact) mass is 395 g/mol. The fourth-order valence-corrected chi connectivity index (χ4v) is 3.87. The summed E-state index contributed by atoms with van der Waals surface area (Å²) >= 11 is 1.30. The van der Waals surface area contributed by atoms with Crippen molar-refractivity contribution >= 4 is 28.6 Å². The van der Waals surface area contributed by atoms with Crippen LogP contribution in [-0.2, 0) is 11.2 Å². The van der Waals surface area contributed by atoms with Gasteiger partial charge in [-0.3, -0.25) is 14.2 Å². The Labute approximate surface area is 169 Å². The number of benzene rings is 2. The van der Waals surface area contributed by atoms with Crippen molar-refractivity contribution < 1.29 is 4.79 Å². The standard InChI is InChI=1S/C22H25N3O2S/c1-3-5-14-23-20(26)15-28-22-24-18-12-8-7-11-17(18)21(27)25(22)19-13-9-6-10-16(19)4-2/h6-13H,3-5,14-15H2,1-2H3,(H,23,26). The van der Waals surface area contributed by atoms with E-state index in [1.807, 2.05) is 42.5 Å². The van der Waals surface area contributed by atoms with E-state index in [2.05, 4.69) is 19.2 Å². The lowest BCUT2D eigenvalue weighted by atomic mass is 10.1. The number of carbonyl (C=O) groups excluding carboxylic acids is 1. The molecular formula is C22H25N3O2S. The first-order valence-corrected chi connectivity index (χ1v) is 10.6. The molecule has 0 aliphatic carbocycles. The molecule has 1 aromatic heterocycles. The Morgan fingerprint density at radius 3 is 2.64 bits per heavy atom. The third kappa shape index (κ3) is 4.44. The number of nitrogens with zero attached hydrogens (tertiary/aromatic N) is 2. The largest absolute Gasteiger partial charge is 0.355 e. The van der Waals surface area contributed by atoms with Crippen LogP contribution in [0, 0.1) is 0 Å². The minimum Gasteiger partial charge on any atom is -0.355 e. The van der Waals surface area contributed by atoms with E-state index in [9.17, 15) is 9.59 Å². The van der Waals surface area contributed by atoms with E-state index in [0.29, 0.717) is 22.6 Å². The molecule has 6 heteroatoms. The van der Waals surface area contributed by atoms with E-state index >= 15 is 0 Å². The lowest BCUT2D eigenvalue weighted by Crippen LogP contribution is -2.27. The van der Waals surface area contributed by atoms with Gasteiger partial charge in [-0.15, -0.1) is 0 Å². The summed E-state index contributed by atoms with van der Waals surface area (Å²) in [6, 6.07) is 15.2. The molecule has 0 fully saturated rings. The smallest absolute Gasteiger partial charge is 0.266 e. The zero-order valence-electron chi connectivity index (χ0n) is 16.3. The third-order valence-corrected chi connectivity index (χ3v) is 5.48. The molecule has 146 valence electrons. The van der Waals surface area contributed by atoms with Gasteiger partial charge in [-0.1, -0.05) is 62.4 Å². The molecule has 0 saturated heterocycles. The molecule has 0 radical (unpaired) electrons. The summed E-state index contributed by atoms with van der Waals surface area (Å²) in [4.78, 5) is 30.1. The van der Waals surface area contributed by atoms with Gasteiger partial charge in [0.2, 0.25) is 5.91 Å². The van der Waals surface area contributed by atoms with E-state index in [4.69, 9.17) is 4.98 Å². The van der Waals surface area contributed by atoms with Gasteiger partial charge in [0.25, 0.3) is 5.56 Å². The van der Waals surface area contributed by atoms with Crippen molar-refractivity contribution in [3.8, 4) is 5.69 Å². The van der Waals surface area contributed by atoms with Gasteiger partial charge in [0.1, 0.15) is 0 Å². The normalized spacial score (nSPS) is 10.9. The number of carbonyl (C=O) groups is 1. The first-order valence-electron chi connectivity index (χ1n) is 9.65. The van der Waals surface area contributed by atoms with Gasteiger partial charge in [0, 0.05) is 6.54 Å². The number of rotatable bonds is 8. The van der Waals surface area contributed by atoms with E-state index in [1.165, 1.54) is 11.8 Å². The summed E-state index contributed by atoms with van der Waals surface area (Å²) in [5.74, 6) is 0.180. The molecule has 3 aromatic rings. The first kappa shape index (κ1) is 20.1. The predicted molar refractivity (Wildman–Crippen MR) is 115 cm³/mol. The quantitative estimate of drug-likeness (QED) is 0.356. The second-order valence-corrected chi connectivity index (χ2v) is 7.47. The number of aryl methyl sites for hydroxylation is 1. The van der Waals surface area contributed by atoms with Gasteiger partial charge in [-0.25, -0.2) is 4.98 Å². The number of aromatic nitrogens is 2. The van der Waals surface area contributed by atoms with Crippen molar-refractivity contribution in [3.63, 3.8) is 0 Å². The molecule has 0 bridgehead atoms. The molecule has 0 unspecified atom stereocenters. The molecule has 28 heavy (non-hydrogen) atoms. The average Bonchev–Trinajstić information content (AvgIpc) is 2.72. The summed E-state index contributed by atoms with van der Waals surface area (Å²) in [5, 5.41) is 4.02. The first-order chi connectivity index (χ1) is 13.7. The van der Waals surface area contributed by atoms with Crippen LogP contribution in [0.4, 0.5) is 0 Å². The highest BCUT2D eigenvalue weighted by atomic mass is 32.2. The predicted octanol–water partition coefficient (Wildman–Crippen LogP) is 3.96. The van der Waals surface area contributed by atoms with Crippen LogP contribution in [0.3, 0.4) is 0 Å². The number of thioether (sulfide) groups is 1. The number of fused-ring (bicyclic) bond motifs is 1. The second-order valence-electron chi connectivity index (χ2n) is 6.53. The zero-order chi connectivity index (χ0) is 19.9. The van der Waals surface area contributed by atoms with Gasteiger partial charge in [0.15, 0.2) is 5.16 Å². The fourth-order valence-electron chi connectivity index (χ4n) is 3.04. The lowest BCUT2D eigenvalue weighted by Gasteiger charge is -2.16. The Balaban J connectivity index is 2.03. The molecule has 0 aliphatic rings. The van der Waals surface area contributed by atoms with E-state index in [-0.39, 0.29) is 17.2 Å². The maximum absolute atomic E-state index is 13.3. The van der Waals surface area contributed by atoms with Crippen molar-refractivity contribution in [2.75, 3.05) is 12.3 Å². The van der Waals surface area contributed by atoms with Crippen molar-refractivity contribution in [3.05, 3.63) is 64.4 Å². The molecule has 3 rings (SSSR count). The average molecular weight is 396 g/mol. The molecule has 1 heterocycles. The van der Waals surface area contributed by atoms with Gasteiger partial charge in [-0.2, -0.15) is 0 Å². The fraction of sp³-hybridized carbons (Fsp3) is 0.318. The van der Waals surface area contributed by atoms with Crippen LogP contribution in [0.5, 0.6) is 0 Å². The van der Waals surface area contributed by atoms with Crippen LogP contribution >= 0.6 is 11.8 Å². The van der Waals surface area contributed by atoms with E-state index in [0.717, 1.165) is 30.5 Å². The Morgan fingerprint density at radius 1 is 1.11 bits per heavy atom. The minimum atomic E-state index is -0.111. The third-order valence-electron chi connectivity index (χ3n) is 4.54. The molecule has 0 atom stereocenters. The van der Waals surface area contributed by atoms with Crippen LogP contribution < -0.4 is 10.9 Å². The van der Waals surface area contributed by atoms with Gasteiger partial charge >= 0.3 is 0 Å². The van der Waals surface area contributed by atoms with Gasteiger partial charge in [-0.05, 0) is 36.6 Å². The number of hydrogen-bond donors (Lipinski definition) is 1. The number of unbranched alkanes of at least 4 members (excludes halogenated alkanes) is 1. The summed E-state index contributed by atoms with van der Waals surface area (Å²) < 4.78 is 1.64. The van der Waals surface area contributed by atoms with Crippen molar-refractivity contribution in [1.29, 1.82) is 0 Å². The summed E-state index contributed by atoms with van der Waals surface area (Å²) in [6.07, 6.45) is 2.79. The van der Waals surface area contributed by atoms with E-state index < -0.39 is 0 Å². The molecule has 1 N–H and O–H groups in total. The van der Waals surface area contributed by atoms with Crippen LogP contribution in [0.25, 0.3) is 16.6 Å². The Morgan fingerprint density at radius 2 is 1.86 bits per heavy atom. The molecule has 2 aromatic carbocycles. The highest BCUT2D eigenvalue weighted by molar-refractivity contribution is 7.99. The second kappa shape index (κ2) is 9.55. The lowest BCUT2D eigenvalue weighted by molar-refractivity contribution is -0.118. The highest BCUT2D eigenvalue weighted by Gasteiger charge is 2.16. The van der Waals surface area contributed by atoms with Crippen LogP contribution in [0.1, 0.15) is 32.3 Å². The van der Waals surface area contributed by atoms with Crippen LogP contribution in [0.2, 0.25) is 0 Å². The topological polar surface area (TPSA) is 64.0 Å². The highest BCUT2D eigenvalue weighted by Crippen LogP contribution is 2.23. The van der Waals surface area contributed by atoms with Gasteiger partial charge < -0.3 is 5.32 Å². The Kier molecular flexibility index (Phi) is 6.87. The number of amides is 1. The summed E-state index contributed by atoms with van der Waals surface area (Å²) in [7, 11) is 0. The van der Waals surface area contributed by atoms with E-state index in [1.54, 1.807) is 10.6 Å². The maximum Gasteiger partial charge on any atom is 0.266 e. The zero-order valence-corrected chi connectivity index (χ0v) is 17.1. The SMILES string of the molecule is CCCCNC(=O)CSc1nc2ccccc2c(=O)n1-c1ccccc1CC. The van der Waals surface area contributed by atoms with Crippen LogP contribution in [0.15, 0.2) is 58.5 Å². The van der Waals surface area contributed by atoms with Crippen LogP contribution in [-0.4, -0.2) is 27.8 Å². The summed E-state index contributed by atoms with van der Waals surface area (Å²) in [5.41, 5.74) is 2.42. The molecule has 0 spiro atoms. The number of para-hydroxylation sites is 2. The molecule has 0 saturated carbocycles.